The van der Waals surface area contributed by atoms with Gasteiger partial charge in [-0.25, -0.2) is 0 Å². The molecule has 0 saturated heterocycles. The molecule has 0 radical (unpaired) electrons. The Morgan fingerprint density at radius 1 is 1.37 bits per heavy atom. The fraction of sp³-hybridized carbons (Fsp3) is 0. The Labute approximate surface area is 113 Å². The van der Waals surface area contributed by atoms with Crippen molar-refractivity contribution in [3.05, 3.63) is 35.5 Å². The minimum absolute atomic E-state index is 0.0607. The number of nitrogens with zero attached hydrogens (tertiary/aromatic N) is 1. The fourth-order valence-electron chi connectivity index (χ4n) is 1.51. The third-order valence-electron chi connectivity index (χ3n) is 2.39. The SMILES string of the molecule is NC(=S)c1cn[nH]c1NC(=O)c1c(O)cccc1O. The number of thiocarbonyl (C=S) groups is 1. The molecule has 19 heavy (non-hydrogen) atoms. The van der Waals surface area contributed by atoms with Crippen LogP contribution < -0.4 is 11.1 Å². The molecule has 2 rings (SSSR count). The molecule has 0 fully saturated rings. The first kappa shape index (κ1) is 12.8. The standard InChI is InChI=1S/C11H10N4O3S/c12-9(19)5-4-13-15-10(5)14-11(18)8-6(16)2-1-3-7(8)17/h1-4,16-17H,(H2,12,19)(H2,13,14,15,18). The lowest BCUT2D eigenvalue weighted by Gasteiger charge is -2.08. The van der Waals surface area contributed by atoms with Crippen molar-refractivity contribution < 1.29 is 15.0 Å². The molecule has 0 aliphatic carbocycles. The van der Waals surface area contributed by atoms with Gasteiger partial charge in [0.2, 0.25) is 0 Å². The minimum Gasteiger partial charge on any atom is -0.507 e. The number of nitrogens with two attached hydrogens (primary N) is 1. The number of nitrogens with one attached hydrogen (secondary N) is 2. The van der Waals surface area contributed by atoms with E-state index >= 15 is 0 Å². The second kappa shape index (κ2) is 4.94. The molecule has 1 aromatic heterocycles. The maximum atomic E-state index is 12.0. The lowest BCUT2D eigenvalue weighted by molar-refractivity contribution is 0.102. The van der Waals surface area contributed by atoms with Gasteiger partial charge in [-0.1, -0.05) is 18.3 Å². The number of benzene rings is 1. The largest absolute Gasteiger partial charge is 0.507 e. The zero-order chi connectivity index (χ0) is 14.0. The molecule has 1 heterocycles. The highest BCUT2D eigenvalue weighted by Crippen LogP contribution is 2.27. The van der Waals surface area contributed by atoms with E-state index in [-0.39, 0.29) is 27.9 Å². The quantitative estimate of drug-likeness (QED) is 0.527. The van der Waals surface area contributed by atoms with Crippen LogP contribution in [-0.4, -0.2) is 31.3 Å². The van der Waals surface area contributed by atoms with Crippen LogP contribution in [0, 0.1) is 0 Å². The number of phenolic OH excluding ortho intramolecular Hbond substituents is 2. The first-order valence-corrected chi connectivity index (χ1v) is 5.57. The van der Waals surface area contributed by atoms with Crippen molar-refractivity contribution in [1.29, 1.82) is 0 Å². The van der Waals surface area contributed by atoms with Crippen LogP contribution >= 0.6 is 12.2 Å². The lowest BCUT2D eigenvalue weighted by Crippen LogP contribution is -2.17. The number of hydrogen-bond donors (Lipinski definition) is 5. The Hall–Kier alpha value is -2.61. The Balaban J connectivity index is 2.31. The van der Waals surface area contributed by atoms with Crippen molar-refractivity contribution in [3.8, 4) is 11.5 Å². The number of carbonyl (C=O) groups is 1. The van der Waals surface area contributed by atoms with Gasteiger partial charge in [0.1, 0.15) is 27.9 Å². The van der Waals surface area contributed by atoms with E-state index < -0.39 is 5.91 Å². The maximum absolute atomic E-state index is 12.0. The van der Waals surface area contributed by atoms with Crippen LogP contribution in [0.5, 0.6) is 11.5 Å². The predicted octanol–water partition coefficient (Wildman–Crippen LogP) is 0.707. The number of phenols is 2. The number of aromatic nitrogens is 2. The van der Waals surface area contributed by atoms with Gasteiger partial charge in [0.05, 0.1) is 11.8 Å². The second-order valence-corrected chi connectivity index (χ2v) is 4.09. The van der Waals surface area contributed by atoms with Crippen LogP contribution in [0.4, 0.5) is 5.82 Å². The summed E-state index contributed by atoms with van der Waals surface area (Å²) in [5, 5.41) is 27.8. The highest BCUT2D eigenvalue weighted by atomic mass is 32.1. The molecule has 0 saturated carbocycles. The summed E-state index contributed by atoms with van der Waals surface area (Å²) in [6.07, 6.45) is 1.36. The van der Waals surface area contributed by atoms with Crippen molar-refractivity contribution in [3.63, 3.8) is 0 Å². The molecule has 7 nitrogen and oxygen atoms in total. The lowest BCUT2D eigenvalue weighted by atomic mass is 10.1. The zero-order valence-electron chi connectivity index (χ0n) is 9.54. The Morgan fingerprint density at radius 2 is 2.00 bits per heavy atom. The molecule has 0 unspecified atom stereocenters. The molecular formula is C11H10N4O3S. The van der Waals surface area contributed by atoms with E-state index in [0.29, 0.717) is 5.56 Å². The van der Waals surface area contributed by atoms with E-state index in [2.05, 4.69) is 15.5 Å². The summed E-state index contributed by atoms with van der Waals surface area (Å²) < 4.78 is 0. The number of aromatic hydroxyl groups is 2. The van der Waals surface area contributed by atoms with E-state index in [4.69, 9.17) is 18.0 Å². The van der Waals surface area contributed by atoms with Crippen molar-refractivity contribution in [2.45, 2.75) is 0 Å². The van der Waals surface area contributed by atoms with Crippen LogP contribution in [0.15, 0.2) is 24.4 Å². The van der Waals surface area contributed by atoms with Crippen LogP contribution in [0.3, 0.4) is 0 Å². The topological polar surface area (TPSA) is 124 Å². The average Bonchev–Trinajstić information content (AvgIpc) is 2.76. The predicted molar refractivity (Wildman–Crippen MR) is 72.2 cm³/mol. The number of anilines is 1. The molecule has 1 aromatic carbocycles. The van der Waals surface area contributed by atoms with Crippen molar-refractivity contribution in [2.24, 2.45) is 5.73 Å². The van der Waals surface area contributed by atoms with Gasteiger partial charge in [-0.15, -0.1) is 0 Å². The van der Waals surface area contributed by atoms with E-state index in [0.717, 1.165) is 0 Å². The Morgan fingerprint density at radius 3 is 2.58 bits per heavy atom. The second-order valence-electron chi connectivity index (χ2n) is 3.65. The van der Waals surface area contributed by atoms with Crippen LogP contribution in [0.1, 0.15) is 15.9 Å². The molecule has 1 amide bonds. The summed E-state index contributed by atoms with van der Waals surface area (Å²) in [6.45, 7) is 0. The fourth-order valence-corrected chi connectivity index (χ4v) is 1.66. The van der Waals surface area contributed by atoms with E-state index in [1.807, 2.05) is 0 Å². The zero-order valence-corrected chi connectivity index (χ0v) is 10.4. The molecule has 0 bridgehead atoms. The molecular weight excluding hydrogens is 268 g/mol. The van der Waals surface area contributed by atoms with Gasteiger partial charge in [-0.3, -0.25) is 9.89 Å². The molecule has 2 aromatic rings. The summed E-state index contributed by atoms with van der Waals surface area (Å²) in [5.41, 5.74) is 5.57. The van der Waals surface area contributed by atoms with Gasteiger partial charge in [0, 0.05) is 0 Å². The number of carbonyl (C=O) groups excluding carboxylic acids is 1. The highest BCUT2D eigenvalue weighted by molar-refractivity contribution is 7.80. The maximum Gasteiger partial charge on any atom is 0.264 e. The summed E-state index contributed by atoms with van der Waals surface area (Å²) in [7, 11) is 0. The van der Waals surface area contributed by atoms with Gasteiger partial charge >= 0.3 is 0 Å². The monoisotopic (exact) mass is 278 g/mol. The number of H-pyrrole nitrogens is 1. The number of aromatic amines is 1. The number of hydrogen-bond acceptors (Lipinski definition) is 5. The summed E-state index contributed by atoms with van der Waals surface area (Å²) in [5.74, 6) is -1.19. The van der Waals surface area contributed by atoms with Gasteiger partial charge in [0.15, 0.2) is 0 Å². The molecule has 98 valence electrons. The molecule has 0 aliphatic heterocycles. The molecule has 8 heteroatoms. The molecule has 0 atom stereocenters. The number of amides is 1. The third-order valence-corrected chi connectivity index (χ3v) is 2.61. The average molecular weight is 278 g/mol. The molecule has 0 spiro atoms. The normalized spacial score (nSPS) is 10.1. The van der Waals surface area contributed by atoms with Gasteiger partial charge in [-0.2, -0.15) is 5.10 Å². The van der Waals surface area contributed by atoms with Crippen LogP contribution in [0.2, 0.25) is 0 Å². The summed E-state index contributed by atoms with van der Waals surface area (Å²) in [6, 6.07) is 3.99. The van der Waals surface area contributed by atoms with Crippen molar-refractivity contribution in [1.82, 2.24) is 10.2 Å². The first-order chi connectivity index (χ1) is 9.00. The van der Waals surface area contributed by atoms with Gasteiger partial charge in [-0.05, 0) is 12.1 Å². The smallest absolute Gasteiger partial charge is 0.264 e. The summed E-state index contributed by atoms with van der Waals surface area (Å²) >= 11 is 4.79. The van der Waals surface area contributed by atoms with E-state index in [1.165, 1.54) is 24.4 Å². The summed E-state index contributed by atoms with van der Waals surface area (Å²) in [4.78, 5) is 12.0. The van der Waals surface area contributed by atoms with Crippen LogP contribution in [-0.2, 0) is 0 Å². The van der Waals surface area contributed by atoms with Crippen LogP contribution in [0.25, 0.3) is 0 Å². The Kier molecular flexibility index (Phi) is 3.34. The van der Waals surface area contributed by atoms with E-state index in [1.54, 1.807) is 0 Å². The van der Waals surface area contributed by atoms with Crippen molar-refractivity contribution in [2.75, 3.05) is 5.32 Å². The third kappa shape index (κ3) is 2.47. The van der Waals surface area contributed by atoms with Crippen molar-refractivity contribution >= 4 is 28.9 Å². The van der Waals surface area contributed by atoms with Gasteiger partial charge in [0.25, 0.3) is 5.91 Å². The Bertz CT molecular complexity index is 633. The van der Waals surface area contributed by atoms with E-state index in [9.17, 15) is 15.0 Å². The van der Waals surface area contributed by atoms with Gasteiger partial charge < -0.3 is 21.3 Å². The molecule has 0 aliphatic rings. The molecule has 6 N–H and O–H groups in total. The minimum atomic E-state index is -0.711. The number of rotatable bonds is 3. The highest BCUT2D eigenvalue weighted by Gasteiger charge is 2.18. The first-order valence-electron chi connectivity index (χ1n) is 5.16.